The first-order valence-electron chi connectivity index (χ1n) is 9.70. The van der Waals surface area contributed by atoms with Crippen molar-refractivity contribution in [3.05, 3.63) is 59.5 Å². The molecule has 150 valence electrons. The minimum absolute atomic E-state index is 0.0992. The van der Waals surface area contributed by atoms with Crippen molar-refractivity contribution < 1.29 is 14.3 Å². The Morgan fingerprint density at radius 3 is 2.52 bits per heavy atom. The van der Waals surface area contributed by atoms with Crippen LogP contribution in [0.25, 0.3) is 10.1 Å². The van der Waals surface area contributed by atoms with Crippen molar-refractivity contribution in [3.8, 4) is 0 Å². The molecule has 0 bridgehead atoms. The molecule has 0 aliphatic carbocycles. The molecule has 1 aliphatic heterocycles. The highest BCUT2D eigenvalue weighted by atomic mass is 32.1. The molecule has 7 heteroatoms. The Labute approximate surface area is 173 Å². The Kier molecular flexibility index (Phi) is 5.67. The summed E-state index contributed by atoms with van der Waals surface area (Å²) in [5.41, 5.74) is 1.91. The number of thiophene rings is 1. The Morgan fingerprint density at radius 1 is 1.03 bits per heavy atom. The Balaban J connectivity index is 1.38. The van der Waals surface area contributed by atoms with Gasteiger partial charge in [0.1, 0.15) is 4.88 Å². The highest BCUT2D eigenvalue weighted by molar-refractivity contribution is 7.20. The molecule has 0 saturated carbocycles. The van der Waals surface area contributed by atoms with E-state index < -0.39 is 0 Å². The molecule has 0 spiro atoms. The molecule has 2 amide bonds. The zero-order valence-electron chi connectivity index (χ0n) is 16.3. The van der Waals surface area contributed by atoms with Crippen LogP contribution >= 0.6 is 11.3 Å². The van der Waals surface area contributed by atoms with Crippen LogP contribution in [0.4, 0.5) is 16.2 Å². The molecular weight excluding hydrogens is 386 g/mol. The summed E-state index contributed by atoms with van der Waals surface area (Å²) >= 11 is 1.40. The van der Waals surface area contributed by atoms with Gasteiger partial charge in [0.25, 0.3) is 0 Å². The van der Waals surface area contributed by atoms with Gasteiger partial charge in [-0.25, -0.2) is 9.59 Å². The molecule has 1 aromatic heterocycles. The van der Waals surface area contributed by atoms with Crippen molar-refractivity contribution in [3.63, 3.8) is 0 Å². The summed E-state index contributed by atoms with van der Waals surface area (Å²) in [7, 11) is 0. The lowest BCUT2D eigenvalue weighted by molar-refractivity contribution is 0.0532. The van der Waals surface area contributed by atoms with Gasteiger partial charge in [0, 0.05) is 42.3 Å². The van der Waals surface area contributed by atoms with Crippen LogP contribution in [-0.2, 0) is 4.74 Å². The third kappa shape index (κ3) is 4.35. The molecule has 1 aliphatic rings. The third-order valence-electron chi connectivity index (χ3n) is 4.93. The van der Waals surface area contributed by atoms with Crippen molar-refractivity contribution in [2.24, 2.45) is 0 Å². The predicted molar refractivity (Wildman–Crippen MR) is 117 cm³/mol. The number of nitrogens with zero attached hydrogens (tertiary/aromatic N) is 2. The number of hydrogen-bond donors (Lipinski definition) is 1. The number of nitrogens with one attached hydrogen (secondary N) is 1. The maximum Gasteiger partial charge on any atom is 0.348 e. The normalized spacial score (nSPS) is 14.1. The number of benzene rings is 2. The largest absolute Gasteiger partial charge is 0.462 e. The Morgan fingerprint density at radius 2 is 1.79 bits per heavy atom. The molecule has 3 aromatic rings. The number of piperazine rings is 1. The number of fused-ring (bicyclic) bond motifs is 1. The second-order valence-electron chi connectivity index (χ2n) is 6.82. The summed E-state index contributed by atoms with van der Waals surface area (Å²) in [6.45, 7) is 5.11. The number of urea groups is 1. The van der Waals surface area contributed by atoms with E-state index in [0.29, 0.717) is 24.6 Å². The van der Waals surface area contributed by atoms with Crippen molar-refractivity contribution in [1.82, 2.24) is 4.90 Å². The summed E-state index contributed by atoms with van der Waals surface area (Å²) in [6.07, 6.45) is 0. The van der Waals surface area contributed by atoms with Crippen molar-refractivity contribution >= 4 is 44.8 Å². The molecule has 0 unspecified atom stereocenters. The van der Waals surface area contributed by atoms with Crippen LogP contribution in [0.3, 0.4) is 0 Å². The van der Waals surface area contributed by atoms with Gasteiger partial charge in [-0.1, -0.05) is 18.2 Å². The zero-order chi connectivity index (χ0) is 20.2. The van der Waals surface area contributed by atoms with Gasteiger partial charge in [-0.15, -0.1) is 11.3 Å². The van der Waals surface area contributed by atoms with Crippen molar-refractivity contribution in [2.45, 2.75) is 6.92 Å². The molecule has 0 radical (unpaired) electrons. The summed E-state index contributed by atoms with van der Waals surface area (Å²) < 4.78 is 6.05. The van der Waals surface area contributed by atoms with Gasteiger partial charge in [0.15, 0.2) is 0 Å². The van der Waals surface area contributed by atoms with Gasteiger partial charge in [-0.05, 0) is 48.7 Å². The summed E-state index contributed by atoms with van der Waals surface area (Å²) in [4.78, 5) is 29.3. The monoisotopic (exact) mass is 409 g/mol. The number of ether oxygens (including phenoxy) is 1. The molecular formula is C22H23N3O3S. The smallest absolute Gasteiger partial charge is 0.348 e. The van der Waals surface area contributed by atoms with E-state index in [2.05, 4.69) is 22.3 Å². The SMILES string of the molecule is CCOC(=O)c1cc2cc(NC(=O)N3CCN(c4ccccc4)CC3)ccc2s1. The van der Waals surface area contributed by atoms with E-state index in [0.717, 1.165) is 28.9 Å². The topological polar surface area (TPSA) is 61.9 Å². The molecule has 1 N–H and O–H groups in total. The summed E-state index contributed by atoms with van der Waals surface area (Å²) in [5.74, 6) is -0.310. The average molecular weight is 410 g/mol. The van der Waals surface area contributed by atoms with E-state index in [1.165, 1.54) is 17.0 Å². The lowest BCUT2D eigenvalue weighted by atomic mass is 10.2. The number of esters is 1. The quantitative estimate of drug-likeness (QED) is 0.648. The number of carbonyl (C=O) groups excluding carboxylic acids is 2. The van der Waals surface area contributed by atoms with Gasteiger partial charge < -0.3 is 19.9 Å². The first kappa shape index (κ1) is 19.3. The second-order valence-corrected chi connectivity index (χ2v) is 7.91. The Bertz CT molecular complexity index is 1010. The van der Waals surface area contributed by atoms with E-state index in [-0.39, 0.29) is 12.0 Å². The maximum absolute atomic E-state index is 12.7. The van der Waals surface area contributed by atoms with Crippen LogP contribution in [0.1, 0.15) is 16.6 Å². The van der Waals surface area contributed by atoms with E-state index >= 15 is 0 Å². The minimum Gasteiger partial charge on any atom is -0.462 e. The lowest BCUT2D eigenvalue weighted by Gasteiger charge is -2.36. The number of para-hydroxylation sites is 1. The van der Waals surface area contributed by atoms with Crippen LogP contribution in [0.5, 0.6) is 0 Å². The molecule has 2 heterocycles. The van der Waals surface area contributed by atoms with E-state index in [9.17, 15) is 9.59 Å². The van der Waals surface area contributed by atoms with Gasteiger partial charge in [-0.2, -0.15) is 0 Å². The highest BCUT2D eigenvalue weighted by Gasteiger charge is 2.21. The fourth-order valence-corrected chi connectivity index (χ4v) is 4.37. The number of anilines is 2. The first-order valence-corrected chi connectivity index (χ1v) is 10.5. The second kappa shape index (κ2) is 8.53. The van der Waals surface area contributed by atoms with E-state index in [1.807, 2.05) is 47.4 Å². The van der Waals surface area contributed by atoms with Crippen LogP contribution < -0.4 is 10.2 Å². The van der Waals surface area contributed by atoms with Crippen LogP contribution in [0.2, 0.25) is 0 Å². The minimum atomic E-state index is -0.310. The number of carbonyl (C=O) groups is 2. The zero-order valence-corrected chi connectivity index (χ0v) is 17.1. The lowest BCUT2D eigenvalue weighted by Crippen LogP contribution is -2.50. The van der Waals surface area contributed by atoms with E-state index in [1.54, 1.807) is 6.92 Å². The standard InChI is InChI=1S/C22H23N3O3S/c1-2-28-21(26)20-15-16-14-17(8-9-19(16)29-20)23-22(27)25-12-10-24(11-13-25)18-6-4-3-5-7-18/h3-9,14-15H,2,10-13H2,1H3,(H,23,27). The fourth-order valence-electron chi connectivity index (χ4n) is 3.43. The molecule has 29 heavy (non-hydrogen) atoms. The Hall–Kier alpha value is -3.06. The van der Waals surface area contributed by atoms with Crippen LogP contribution in [0, 0.1) is 0 Å². The van der Waals surface area contributed by atoms with Gasteiger partial charge in [-0.3, -0.25) is 0 Å². The molecule has 1 saturated heterocycles. The molecule has 6 nitrogen and oxygen atoms in total. The maximum atomic E-state index is 12.7. The molecule has 0 atom stereocenters. The van der Waals surface area contributed by atoms with Crippen LogP contribution in [0.15, 0.2) is 54.6 Å². The van der Waals surface area contributed by atoms with Gasteiger partial charge in [0.2, 0.25) is 0 Å². The third-order valence-corrected chi connectivity index (χ3v) is 6.03. The first-order chi connectivity index (χ1) is 14.1. The number of amides is 2. The fraction of sp³-hybridized carbons (Fsp3) is 0.273. The van der Waals surface area contributed by atoms with Gasteiger partial charge >= 0.3 is 12.0 Å². The predicted octanol–water partition coefficient (Wildman–Crippen LogP) is 4.43. The highest BCUT2D eigenvalue weighted by Crippen LogP contribution is 2.29. The average Bonchev–Trinajstić information content (AvgIpc) is 3.18. The molecule has 1 fully saturated rings. The van der Waals surface area contributed by atoms with E-state index in [4.69, 9.17) is 4.74 Å². The van der Waals surface area contributed by atoms with Crippen LogP contribution in [-0.4, -0.2) is 49.7 Å². The molecule has 2 aromatic carbocycles. The van der Waals surface area contributed by atoms with Crippen molar-refractivity contribution in [2.75, 3.05) is 43.0 Å². The van der Waals surface area contributed by atoms with Gasteiger partial charge in [0.05, 0.1) is 6.61 Å². The number of hydrogen-bond acceptors (Lipinski definition) is 5. The summed E-state index contributed by atoms with van der Waals surface area (Å²) in [5, 5.41) is 3.90. The number of rotatable bonds is 4. The summed E-state index contributed by atoms with van der Waals surface area (Å²) in [6, 6.07) is 17.7. The van der Waals surface area contributed by atoms with Crippen molar-refractivity contribution in [1.29, 1.82) is 0 Å². The molecule has 4 rings (SSSR count).